The first-order valence-electron chi connectivity index (χ1n) is 10.2. The maximum Gasteiger partial charge on any atom is 0.320 e. The van der Waals surface area contributed by atoms with Gasteiger partial charge in [0.25, 0.3) is 0 Å². The highest BCUT2D eigenvalue weighted by Crippen LogP contribution is 2.64. The van der Waals surface area contributed by atoms with Crippen LogP contribution in [0.25, 0.3) is 0 Å². The smallest absolute Gasteiger partial charge is 0.320 e. The average Bonchev–Trinajstić information content (AvgIpc) is 2.55. The summed E-state index contributed by atoms with van der Waals surface area (Å²) in [5.74, 6) is -1.05. The van der Waals surface area contributed by atoms with Crippen molar-refractivity contribution in [2.75, 3.05) is 7.11 Å². The molecule has 0 amide bonds. The van der Waals surface area contributed by atoms with E-state index in [2.05, 4.69) is 33.9 Å². The van der Waals surface area contributed by atoms with Gasteiger partial charge in [0.05, 0.1) is 24.9 Å². The van der Waals surface area contributed by atoms with E-state index in [4.69, 9.17) is 13.9 Å². The molecule has 3 N–H and O–H groups in total. The molecule has 8 heteroatoms. The Morgan fingerprint density at radius 3 is 2.39 bits per heavy atom. The molecular weight excluding hydrogens is 380 g/mol. The topological polar surface area (TPSA) is 105 Å². The van der Waals surface area contributed by atoms with Gasteiger partial charge in [-0.25, -0.2) is 0 Å². The van der Waals surface area contributed by atoms with Gasteiger partial charge in [-0.1, -0.05) is 20.8 Å². The molecule has 1 aliphatic heterocycles. The predicted molar refractivity (Wildman–Crippen MR) is 105 cm³/mol. The van der Waals surface area contributed by atoms with E-state index in [1.54, 1.807) is 6.92 Å². The second-order valence-electron chi connectivity index (χ2n) is 10.6. The fourth-order valence-electron chi connectivity index (χ4n) is 5.36. The summed E-state index contributed by atoms with van der Waals surface area (Å²) >= 11 is 0. The molecular formula is C20H36O7Si. The van der Waals surface area contributed by atoms with Crippen molar-refractivity contribution in [3.8, 4) is 0 Å². The Hall–Kier alpha value is -0.513. The summed E-state index contributed by atoms with van der Waals surface area (Å²) in [5.41, 5.74) is -4.52. The third-order valence-electron chi connectivity index (χ3n) is 8.11. The number of hydrogen-bond donors (Lipinski definition) is 3. The van der Waals surface area contributed by atoms with Gasteiger partial charge >= 0.3 is 5.97 Å². The second-order valence-corrected chi connectivity index (χ2v) is 15.3. The first-order valence-corrected chi connectivity index (χ1v) is 13.1. The summed E-state index contributed by atoms with van der Waals surface area (Å²) in [5, 5.41) is 33.6. The minimum absolute atomic E-state index is 0.127. The Bertz CT molecular complexity index is 647. The summed E-state index contributed by atoms with van der Waals surface area (Å²) < 4.78 is 17.7. The maximum atomic E-state index is 13.3. The summed E-state index contributed by atoms with van der Waals surface area (Å²) in [4.78, 5) is 13.3. The fourth-order valence-corrected chi connectivity index (χ4v) is 6.71. The molecule has 0 aromatic heterocycles. The van der Waals surface area contributed by atoms with Crippen LogP contribution in [0.2, 0.25) is 18.1 Å². The Kier molecular flexibility index (Phi) is 5.14. The number of ether oxygens (including phenoxy) is 2. The van der Waals surface area contributed by atoms with Crippen molar-refractivity contribution in [1.82, 2.24) is 0 Å². The van der Waals surface area contributed by atoms with E-state index in [1.165, 1.54) is 7.11 Å². The van der Waals surface area contributed by atoms with Crippen molar-refractivity contribution in [2.24, 2.45) is 11.3 Å². The van der Waals surface area contributed by atoms with Gasteiger partial charge < -0.3 is 29.2 Å². The first-order chi connectivity index (χ1) is 12.7. The van der Waals surface area contributed by atoms with Gasteiger partial charge in [0.15, 0.2) is 14.6 Å². The average molecular weight is 417 g/mol. The zero-order valence-electron chi connectivity index (χ0n) is 18.1. The number of fused-ring (bicyclic) bond motifs is 1. The van der Waals surface area contributed by atoms with Crippen molar-refractivity contribution < 1.29 is 34.0 Å². The van der Waals surface area contributed by atoms with E-state index in [-0.39, 0.29) is 23.8 Å². The predicted octanol–water partition coefficient (Wildman–Crippen LogP) is 1.94. The lowest BCUT2D eigenvalue weighted by molar-refractivity contribution is -0.384. The number of methoxy groups -OCH3 is 1. The third kappa shape index (κ3) is 2.68. The standard InChI is InChI=1S/C20H36O7Si/c1-17(2,3)28(6,7)27-14-10-12-11-19(24)18(4,26-15(12)22)9-8-13(21)20(14,19)16(23)25-5/h12-15,21-22,24H,8-11H2,1-7H3/t12-,13+,14-,15+,18+,19-,20+/m1/s1. The lowest BCUT2D eigenvalue weighted by Crippen LogP contribution is -2.82. The van der Waals surface area contributed by atoms with E-state index < -0.39 is 49.4 Å². The quantitative estimate of drug-likeness (QED) is 0.477. The molecule has 0 unspecified atom stereocenters. The van der Waals surface area contributed by atoms with Gasteiger partial charge in [0.1, 0.15) is 11.0 Å². The molecule has 1 heterocycles. The zero-order chi connectivity index (χ0) is 21.3. The van der Waals surface area contributed by atoms with E-state index >= 15 is 0 Å². The van der Waals surface area contributed by atoms with Crippen LogP contribution in [0, 0.1) is 11.3 Å². The number of hydrogen-bond acceptors (Lipinski definition) is 7. The lowest BCUT2D eigenvalue weighted by atomic mass is 9.46. The maximum absolute atomic E-state index is 13.3. The Labute approximate surface area is 168 Å². The van der Waals surface area contributed by atoms with Crippen LogP contribution >= 0.6 is 0 Å². The molecule has 7 atom stereocenters. The van der Waals surface area contributed by atoms with Crippen LogP contribution in [0.3, 0.4) is 0 Å². The summed E-state index contributed by atoms with van der Waals surface area (Å²) in [7, 11) is -1.09. The van der Waals surface area contributed by atoms with Crippen LogP contribution in [-0.4, -0.2) is 66.4 Å². The minimum atomic E-state index is -2.36. The molecule has 3 aliphatic rings. The van der Waals surface area contributed by atoms with E-state index in [1.807, 2.05) is 0 Å². The van der Waals surface area contributed by atoms with Crippen LogP contribution < -0.4 is 0 Å². The Morgan fingerprint density at radius 2 is 1.86 bits per heavy atom. The Balaban J connectivity index is 2.19. The van der Waals surface area contributed by atoms with Gasteiger partial charge in [-0.05, 0) is 50.7 Å². The molecule has 1 saturated heterocycles. The molecule has 3 fully saturated rings. The van der Waals surface area contributed by atoms with E-state index in [0.29, 0.717) is 12.8 Å². The number of esters is 1. The molecule has 28 heavy (non-hydrogen) atoms. The molecule has 0 aromatic carbocycles. The number of rotatable bonds is 3. The number of aliphatic hydroxyl groups excluding tert-OH is 2. The van der Waals surface area contributed by atoms with E-state index in [0.717, 1.165) is 0 Å². The van der Waals surface area contributed by atoms with Crippen molar-refractivity contribution in [3.63, 3.8) is 0 Å². The highest BCUT2D eigenvalue weighted by atomic mass is 28.4. The van der Waals surface area contributed by atoms with Crippen LogP contribution in [0.15, 0.2) is 0 Å². The third-order valence-corrected chi connectivity index (χ3v) is 12.6. The fraction of sp³-hybridized carbons (Fsp3) is 0.950. The van der Waals surface area contributed by atoms with Crippen molar-refractivity contribution in [2.45, 2.75) is 101 Å². The summed E-state index contributed by atoms with van der Waals surface area (Å²) in [6.07, 6.45) is -1.86. The molecule has 7 nitrogen and oxygen atoms in total. The molecule has 0 spiro atoms. The minimum Gasteiger partial charge on any atom is -0.468 e. The van der Waals surface area contributed by atoms with Gasteiger partial charge in [-0.15, -0.1) is 0 Å². The summed E-state index contributed by atoms with van der Waals surface area (Å²) in [6, 6.07) is 0. The van der Waals surface area contributed by atoms with Crippen LogP contribution in [-0.2, 0) is 18.7 Å². The monoisotopic (exact) mass is 416 g/mol. The second kappa shape index (κ2) is 6.49. The lowest BCUT2D eigenvalue weighted by Gasteiger charge is -2.68. The Morgan fingerprint density at radius 1 is 1.25 bits per heavy atom. The van der Waals surface area contributed by atoms with Gasteiger partial charge in [0, 0.05) is 5.92 Å². The molecule has 0 aromatic rings. The number of carbonyl (C=O) groups excluding carboxylic acids is 1. The first kappa shape index (κ1) is 22.2. The number of carbonyl (C=O) groups is 1. The summed E-state index contributed by atoms with van der Waals surface area (Å²) in [6.45, 7) is 12.2. The molecule has 3 rings (SSSR count). The van der Waals surface area contributed by atoms with E-state index in [9.17, 15) is 20.1 Å². The van der Waals surface area contributed by atoms with Crippen LogP contribution in [0.5, 0.6) is 0 Å². The molecule has 2 bridgehead atoms. The number of aliphatic hydroxyl groups is 3. The van der Waals surface area contributed by atoms with Crippen LogP contribution in [0.4, 0.5) is 0 Å². The normalized spacial score (nSPS) is 46.2. The van der Waals surface area contributed by atoms with Crippen molar-refractivity contribution in [1.29, 1.82) is 0 Å². The van der Waals surface area contributed by atoms with Crippen LogP contribution in [0.1, 0.15) is 53.4 Å². The molecule has 2 saturated carbocycles. The molecule has 0 radical (unpaired) electrons. The highest BCUT2D eigenvalue weighted by Gasteiger charge is 2.79. The SMILES string of the molecule is COC(=O)[C@]12[C@@H](O)CC[C@]3(C)O[C@H](O)[C@H](C[C@H]1O[Si](C)(C)C(C)(C)C)C[C@]23O. The van der Waals surface area contributed by atoms with Crippen molar-refractivity contribution in [3.05, 3.63) is 0 Å². The van der Waals surface area contributed by atoms with Gasteiger partial charge in [-0.3, -0.25) is 4.79 Å². The zero-order valence-corrected chi connectivity index (χ0v) is 19.1. The molecule has 2 aliphatic carbocycles. The molecule has 162 valence electrons. The van der Waals surface area contributed by atoms with Gasteiger partial charge in [0.2, 0.25) is 0 Å². The largest absolute Gasteiger partial charge is 0.468 e. The van der Waals surface area contributed by atoms with Gasteiger partial charge in [-0.2, -0.15) is 0 Å². The van der Waals surface area contributed by atoms with Crippen molar-refractivity contribution >= 4 is 14.3 Å². The highest BCUT2D eigenvalue weighted by molar-refractivity contribution is 6.74.